The van der Waals surface area contributed by atoms with E-state index in [1.54, 1.807) is 6.08 Å². The van der Waals surface area contributed by atoms with Gasteiger partial charge in [-0.15, -0.1) is 0 Å². The summed E-state index contributed by atoms with van der Waals surface area (Å²) >= 11 is 0. The summed E-state index contributed by atoms with van der Waals surface area (Å²) in [5, 5.41) is 0. The number of carbonyl (C=O) groups is 1. The van der Waals surface area contributed by atoms with E-state index >= 15 is 0 Å². The van der Waals surface area contributed by atoms with Crippen molar-refractivity contribution in [3.8, 4) is 0 Å². The predicted octanol–water partition coefficient (Wildman–Crippen LogP) is 5.40. The number of rotatable bonds is 7. The van der Waals surface area contributed by atoms with Crippen molar-refractivity contribution in [1.82, 2.24) is 0 Å². The van der Waals surface area contributed by atoms with E-state index in [0.29, 0.717) is 6.42 Å². The van der Waals surface area contributed by atoms with Crippen molar-refractivity contribution in [1.29, 1.82) is 0 Å². The van der Waals surface area contributed by atoms with Crippen molar-refractivity contribution in [3.05, 3.63) is 23.8 Å². The number of alkyl halides is 13. The highest BCUT2D eigenvalue weighted by molar-refractivity contribution is 5.90. The van der Waals surface area contributed by atoms with Gasteiger partial charge in [-0.3, -0.25) is 0 Å². The standard InChI is InChI=1S/C15H9F13O2/c16-10(17,5-30-9(29)8-4-6-1-2-7(8)3-6)11(18,19)12(20,21)13(22,23)14(24,25)15(26,27)28/h1-2,4,6-7H,3,5H2. The SMILES string of the molecule is O=C(OCC(F)(F)C(F)(F)C(F)(F)C(F)(F)C(F)(F)C(F)(F)F)C1=CC2C=CC1C2. The van der Waals surface area contributed by atoms with Gasteiger partial charge >= 0.3 is 41.8 Å². The summed E-state index contributed by atoms with van der Waals surface area (Å²) in [4.78, 5) is 11.6. The van der Waals surface area contributed by atoms with E-state index in [1.807, 2.05) is 0 Å². The zero-order chi connectivity index (χ0) is 23.6. The smallest absolute Gasteiger partial charge is 0.456 e. The lowest BCUT2D eigenvalue weighted by Gasteiger charge is -2.39. The fourth-order valence-corrected chi connectivity index (χ4v) is 2.79. The molecule has 2 rings (SSSR count). The molecule has 0 aromatic rings. The Morgan fingerprint density at radius 2 is 1.30 bits per heavy atom. The summed E-state index contributed by atoms with van der Waals surface area (Å²) < 4.78 is 172. The highest BCUT2D eigenvalue weighted by Crippen LogP contribution is 2.60. The molecule has 0 spiro atoms. The fraction of sp³-hybridized carbons (Fsp3) is 0.667. The Bertz CT molecular complexity index is 763. The number of halogens is 13. The topological polar surface area (TPSA) is 26.3 Å². The van der Waals surface area contributed by atoms with Crippen molar-refractivity contribution in [3.63, 3.8) is 0 Å². The number of allylic oxidation sites excluding steroid dienone is 3. The van der Waals surface area contributed by atoms with Crippen molar-refractivity contribution in [2.75, 3.05) is 6.61 Å². The lowest BCUT2D eigenvalue weighted by atomic mass is 9.94. The quantitative estimate of drug-likeness (QED) is 0.284. The Labute approximate surface area is 158 Å². The normalized spacial score (nSPS) is 23.0. The van der Waals surface area contributed by atoms with E-state index in [1.165, 1.54) is 12.2 Å². The first-order chi connectivity index (χ1) is 13.2. The molecule has 2 atom stereocenters. The van der Waals surface area contributed by atoms with Crippen molar-refractivity contribution < 1.29 is 66.6 Å². The summed E-state index contributed by atoms with van der Waals surface area (Å²) in [7, 11) is 0. The largest absolute Gasteiger partial charge is 0.460 e. The Morgan fingerprint density at radius 1 is 0.800 bits per heavy atom. The second-order valence-electron chi connectivity index (χ2n) is 6.59. The lowest BCUT2D eigenvalue weighted by Crippen LogP contribution is -2.70. The minimum atomic E-state index is -7.98. The van der Waals surface area contributed by atoms with E-state index in [-0.39, 0.29) is 11.5 Å². The number of ether oxygens (including phenoxy) is 1. The molecular formula is C15H9F13O2. The fourth-order valence-electron chi connectivity index (χ4n) is 2.79. The van der Waals surface area contributed by atoms with Crippen molar-refractivity contribution in [2.45, 2.75) is 42.2 Å². The highest BCUT2D eigenvalue weighted by atomic mass is 19.4. The molecule has 0 aromatic carbocycles. The van der Waals surface area contributed by atoms with Crippen LogP contribution in [-0.2, 0) is 9.53 Å². The molecule has 30 heavy (non-hydrogen) atoms. The van der Waals surface area contributed by atoms with E-state index in [2.05, 4.69) is 4.74 Å². The van der Waals surface area contributed by atoms with Crippen LogP contribution < -0.4 is 0 Å². The van der Waals surface area contributed by atoms with Crippen molar-refractivity contribution >= 4 is 5.97 Å². The van der Waals surface area contributed by atoms with Crippen LogP contribution >= 0.6 is 0 Å². The van der Waals surface area contributed by atoms with Crippen LogP contribution in [0.15, 0.2) is 23.8 Å². The molecule has 0 aromatic heterocycles. The zero-order valence-corrected chi connectivity index (χ0v) is 14.0. The van der Waals surface area contributed by atoms with E-state index < -0.39 is 54.3 Å². The Morgan fingerprint density at radius 3 is 1.70 bits per heavy atom. The van der Waals surface area contributed by atoms with Crippen LogP contribution in [-0.4, -0.2) is 48.4 Å². The molecule has 2 nitrogen and oxygen atoms in total. The molecule has 2 bridgehead atoms. The summed E-state index contributed by atoms with van der Waals surface area (Å²) in [5.74, 6) is -40.2. The summed E-state index contributed by atoms with van der Waals surface area (Å²) in [6.45, 7) is -2.99. The van der Waals surface area contributed by atoms with Gasteiger partial charge in [0.1, 0.15) is 0 Å². The third kappa shape index (κ3) is 3.33. The first-order valence-electron chi connectivity index (χ1n) is 7.73. The van der Waals surface area contributed by atoms with Gasteiger partial charge in [-0.2, -0.15) is 57.1 Å². The van der Waals surface area contributed by atoms with Crippen LogP contribution in [0.25, 0.3) is 0 Å². The average molecular weight is 468 g/mol. The molecule has 0 N–H and O–H groups in total. The van der Waals surface area contributed by atoms with Gasteiger partial charge in [0.2, 0.25) is 0 Å². The summed E-state index contributed by atoms with van der Waals surface area (Å²) in [6, 6.07) is 0. The lowest BCUT2D eigenvalue weighted by molar-refractivity contribution is -0.441. The molecule has 0 amide bonds. The number of hydrogen-bond donors (Lipinski definition) is 0. The Kier molecular flexibility index (Phi) is 5.49. The molecule has 0 aliphatic heterocycles. The van der Waals surface area contributed by atoms with Gasteiger partial charge in [-0.05, 0) is 12.3 Å². The van der Waals surface area contributed by atoms with E-state index in [9.17, 15) is 61.9 Å². The van der Waals surface area contributed by atoms with Gasteiger partial charge in [0, 0.05) is 11.5 Å². The van der Waals surface area contributed by atoms with Crippen LogP contribution in [0, 0.1) is 11.8 Å². The summed E-state index contributed by atoms with van der Waals surface area (Å²) in [6.07, 6.45) is -2.99. The predicted molar refractivity (Wildman–Crippen MR) is 70.6 cm³/mol. The number of carbonyl (C=O) groups excluding carboxylic acids is 1. The minimum absolute atomic E-state index is 0.299. The minimum Gasteiger partial charge on any atom is -0.456 e. The maximum atomic E-state index is 13.5. The van der Waals surface area contributed by atoms with Gasteiger partial charge in [0.05, 0.1) is 0 Å². The van der Waals surface area contributed by atoms with Crippen LogP contribution in [0.2, 0.25) is 0 Å². The third-order valence-corrected chi connectivity index (χ3v) is 4.53. The molecule has 0 heterocycles. The molecule has 0 fully saturated rings. The Balaban J connectivity index is 2.24. The maximum absolute atomic E-state index is 13.5. The molecule has 15 heteroatoms. The molecule has 0 saturated heterocycles. The van der Waals surface area contributed by atoms with Crippen LogP contribution in [0.1, 0.15) is 6.42 Å². The number of fused-ring (bicyclic) bond motifs is 2. The number of hydrogen-bond acceptors (Lipinski definition) is 2. The Hall–Kier alpha value is -1.96. The molecule has 0 radical (unpaired) electrons. The van der Waals surface area contributed by atoms with Gasteiger partial charge in [0.25, 0.3) is 0 Å². The summed E-state index contributed by atoms with van der Waals surface area (Å²) in [5.41, 5.74) is -0.317. The average Bonchev–Trinajstić information content (AvgIpc) is 3.21. The van der Waals surface area contributed by atoms with Gasteiger partial charge in [0.15, 0.2) is 6.61 Å². The van der Waals surface area contributed by atoms with Gasteiger partial charge in [-0.25, -0.2) is 4.79 Å². The van der Waals surface area contributed by atoms with Crippen LogP contribution in [0.3, 0.4) is 0 Å². The second-order valence-corrected chi connectivity index (χ2v) is 6.59. The molecule has 2 unspecified atom stereocenters. The zero-order valence-electron chi connectivity index (χ0n) is 14.0. The molecular weight excluding hydrogens is 459 g/mol. The molecule has 0 saturated carbocycles. The third-order valence-electron chi connectivity index (χ3n) is 4.53. The second kappa shape index (κ2) is 6.77. The first kappa shape index (κ1) is 24.3. The van der Waals surface area contributed by atoms with Gasteiger partial charge in [-0.1, -0.05) is 18.2 Å². The maximum Gasteiger partial charge on any atom is 0.460 e. The first-order valence-corrected chi connectivity index (χ1v) is 7.73. The van der Waals surface area contributed by atoms with Crippen molar-refractivity contribution in [2.24, 2.45) is 11.8 Å². The monoisotopic (exact) mass is 468 g/mol. The molecule has 2 aliphatic rings. The van der Waals surface area contributed by atoms with Gasteiger partial charge < -0.3 is 4.74 Å². The van der Waals surface area contributed by atoms with Crippen LogP contribution in [0.5, 0.6) is 0 Å². The number of esters is 1. The van der Waals surface area contributed by atoms with Crippen LogP contribution in [0.4, 0.5) is 57.1 Å². The van der Waals surface area contributed by atoms with E-state index in [4.69, 9.17) is 0 Å². The van der Waals surface area contributed by atoms with E-state index in [0.717, 1.165) is 0 Å². The molecule has 2 aliphatic carbocycles. The highest BCUT2D eigenvalue weighted by Gasteiger charge is 2.90. The molecule has 172 valence electrons.